The van der Waals surface area contributed by atoms with E-state index in [-0.39, 0.29) is 24.1 Å². The Morgan fingerprint density at radius 2 is 2.00 bits per heavy atom. The molecule has 0 N–H and O–H groups in total. The average Bonchev–Trinajstić information content (AvgIpc) is 3.08. The third-order valence-corrected chi connectivity index (χ3v) is 4.78. The van der Waals surface area contributed by atoms with Gasteiger partial charge in [-0.1, -0.05) is 24.3 Å². The molecule has 0 radical (unpaired) electrons. The van der Waals surface area contributed by atoms with Crippen LogP contribution in [0.25, 0.3) is 5.65 Å². The Morgan fingerprint density at radius 1 is 1.16 bits per heavy atom. The quantitative estimate of drug-likeness (QED) is 0.738. The van der Waals surface area contributed by atoms with Crippen molar-refractivity contribution in [1.82, 2.24) is 19.5 Å². The lowest BCUT2D eigenvalue weighted by atomic mass is 9.96. The topological polar surface area (TPSA) is 50.5 Å². The lowest BCUT2D eigenvalue weighted by Crippen LogP contribution is -2.40. The molecule has 2 aromatic heterocycles. The van der Waals surface area contributed by atoms with Gasteiger partial charge in [-0.05, 0) is 36.6 Å². The number of rotatable bonds is 3. The minimum atomic E-state index is -0.326. The predicted octanol–water partition coefficient (Wildman–Crippen LogP) is 2.82. The largest absolute Gasteiger partial charge is 0.342 e. The lowest BCUT2D eigenvalue weighted by molar-refractivity contribution is -0.131. The summed E-state index contributed by atoms with van der Waals surface area (Å²) in [6.45, 7) is 1.31. The zero-order valence-corrected chi connectivity index (χ0v) is 13.8. The Bertz CT molecular complexity index is 907. The number of halogens is 1. The molecule has 25 heavy (non-hydrogen) atoms. The van der Waals surface area contributed by atoms with Crippen LogP contribution >= 0.6 is 0 Å². The van der Waals surface area contributed by atoms with E-state index < -0.39 is 0 Å². The van der Waals surface area contributed by atoms with Crippen LogP contribution in [-0.4, -0.2) is 38.5 Å². The second-order valence-electron chi connectivity index (χ2n) is 6.43. The van der Waals surface area contributed by atoms with Crippen molar-refractivity contribution in [1.29, 1.82) is 0 Å². The van der Waals surface area contributed by atoms with E-state index in [4.69, 9.17) is 0 Å². The third-order valence-electron chi connectivity index (χ3n) is 4.78. The number of pyridine rings is 1. The van der Waals surface area contributed by atoms with Crippen LogP contribution in [0.4, 0.5) is 4.39 Å². The van der Waals surface area contributed by atoms with Crippen molar-refractivity contribution in [2.24, 2.45) is 0 Å². The maximum Gasteiger partial charge on any atom is 0.227 e. The van der Waals surface area contributed by atoms with Gasteiger partial charge in [0.2, 0.25) is 5.91 Å². The highest BCUT2D eigenvalue weighted by molar-refractivity contribution is 5.79. The molecule has 0 bridgehead atoms. The smallest absolute Gasteiger partial charge is 0.227 e. The zero-order chi connectivity index (χ0) is 17.2. The van der Waals surface area contributed by atoms with Gasteiger partial charge in [0.15, 0.2) is 5.65 Å². The molecule has 0 spiro atoms. The summed E-state index contributed by atoms with van der Waals surface area (Å²) in [7, 11) is 0. The highest BCUT2D eigenvalue weighted by Gasteiger charge is 2.28. The first kappa shape index (κ1) is 15.7. The maximum atomic E-state index is 13.8. The Balaban J connectivity index is 1.51. The molecule has 1 unspecified atom stereocenters. The molecular weight excluding hydrogens is 319 g/mol. The molecule has 1 aliphatic heterocycles. The minimum absolute atomic E-state index is 0.0383. The molecule has 3 aromatic rings. The van der Waals surface area contributed by atoms with Gasteiger partial charge in [0.05, 0.1) is 6.42 Å². The van der Waals surface area contributed by atoms with Gasteiger partial charge in [-0.25, -0.2) is 4.39 Å². The molecule has 4 rings (SSSR count). The second-order valence-corrected chi connectivity index (χ2v) is 6.43. The fourth-order valence-electron chi connectivity index (χ4n) is 3.47. The molecule has 1 amide bonds. The molecule has 0 aliphatic carbocycles. The first-order chi connectivity index (χ1) is 12.2. The summed E-state index contributed by atoms with van der Waals surface area (Å²) in [6, 6.07) is 12.2. The van der Waals surface area contributed by atoms with Gasteiger partial charge >= 0.3 is 0 Å². The normalized spacial score (nSPS) is 17.8. The monoisotopic (exact) mass is 338 g/mol. The molecular formula is C19H19FN4O. The van der Waals surface area contributed by atoms with Gasteiger partial charge in [-0.15, -0.1) is 10.2 Å². The number of carbonyl (C=O) groups is 1. The lowest BCUT2D eigenvalue weighted by Gasteiger charge is -2.32. The number of amides is 1. The summed E-state index contributed by atoms with van der Waals surface area (Å²) >= 11 is 0. The number of piperidine rings is 1. The van der Waals surface area contributed by atoms with E-state index in [1.165, 1.54) is 6.07 Å². The number of fused-ring (bicyclic) bond motifs is 1. The molecule has 1 saturated heterocycles. The molecule has 0 saturated carbocycles. The van der Waals surface area contributed by atoms with Crippen LogP contribution in [0.2, 0.25) is 0 Å². The fraction of sp³-hybridized carbons (Fsp3) is 0.316. The number of aromatic nitrogens is 3. The van der Waals surface area contributed by atoms with E-state index >= 15 is 0 Å². The molecule has 5 nitrogen and oxygen atoms in total. The van der Waals surface area contributed by atoms with Crippen LogP contribution in [0.1, 0.15) is 30.1 Å². The van der Waals surface area contributed by atoms with E-state index in [1.54, 1.807) is 18.2 Å². The van der Waals surface area contributed by atoms with E-state index in [2.05, 4.69) is 10.2 Å². The zero-order valence-electron chi connectivity index (χ0n) is 13.8. The van der Waals surface area contributed by atoms with Gasteiger partial charge in [0, 0.05) is 25.2 Å². The SMILES string of the molecule is O=C(Cc1ccccc1F)N1CCCC(c2nnc3ccccn23)C1. The van der Waals surface area contributed by atoms with Crippen molar-refractivity contribution in [3.63, 3.8) is 0 Å². The summed E-state index contributed by atoms with van der Waals surface area (Å²) in [5.74, 6) is 0.672. The fourth-order valence-corrected chi connectivity index (χ4v) is 3.47. The van der Waals surface area contributed by atoms with Gasteiger partial charge < -0.3 is 4.90 Å². The number of carbonyl (C=O) groups excluding carboxylic acids is 1. The van der Waals surface area contributed by atoms with Gasteiger partial charge in [-0.2, -0.15) is 0 Å². The highest BCUT2D eigenvalue weighted by Crippen LogP contribution is 2.26. The number of likely N-dealkylation sites (tertiary alicyclic amines) is 1. The van der Waals surface area contributed by atoms with E-state index in [0.717, 1.165) is 24.3 Å². The van der Waals surface area contributed by atoms with E-state index in [9.17, 15) is 9.18 Å². The molecule has 1 aromatic carbocycles. The number of nitrogens with zero attached hydrogens (tertiary/aromatic N) is 4. The second kappa shape index (κ2) is 6.63. The van der Waals surface area contributed by atoms with Crippen LogP contribution in [0.5, 0.6) is 0 Å². The molecule has 1 fully saturated rings. The van der Waals surface area contributed by atoms with Crippen molar-refractivity contribution in [2.75, 3.05) is 13.1 Å². The standard InChI is InChI=1S/C19H19FN4O/c20-16-8-2-1-6-14(16)12-18(25)23-10-5-7-15(13-23)19-22-21-17-9-3-4-11-24(17)19/h1-4,6,8-9,11,15H,5,7,10,12-13H2. The van der Waals surface area contributed by atoms with E-state index in [0.29, 0.717) is 18.7 Å². The van der Waals surface area contributed by atoms with Crippen LogP contribution < -0.4 is 0 Å². The van der Waals surface area contributed by atoms with Crippen molar-refractivity contribution in [2.45, 2.75) is 25.2 Å². The molecule has 6 heteroatoms. The molecule has 1 aliphatic rings. The Labute approximate surface area is 145 Å². The van der Waals surface area contributed by atoms with Gasteiger partial charge in [-0.3, -0.25) is 9.20 Å². The first-order valence-corrected chi connectivity index (χ1v) is 8.53. The summed E-state index contributed by atoms with van der Waals surface area (Å²) in [5, 5.41) is 8.53. The minimum Gasteiger partial charge on any atom is -0.342 e. The summed E-state index contributed by atoms with van der Waals surface area (Å²) < 4.78 is 15.8. The molecule has 128 valence electrons. The van der Waals surface area contributed by atoms with Crippen molar-refractivity contribution in [3.8, 4) is 0 Å². The predicted molar refractivity (Wildman–Crippen MR) is 91.6 cm³/mol. The number of hydrogen-bond donors (Lipinski definition) is 0. The Hall–Kier alpha value is -2.76. The van der Waals surface area contributed by atoms with Gasteiger partial charge in [0.25, 0.3) is 0 Å². The Morgan fingerprint density at radius 3 is 2.88 bits per heavy atom. The van der Waals surface area contributed by atoms with Crippen molar-refractivity contribution >= 4 is 11.6 Å². The Kier molecular flexibility index (Phi) is 4.17. The van der Waals surface area contributed by atoms with E-state index in [1.807, 2.05) is 33.7 Å². The van der Waals surface area contributed by atoms with Crippen LogP contribution in [0, 0.1) is 5.82 Å². The average molecular weight is 338 g/mol. The van der Waals surface area contributed by atoms with Crippen LogP contribution in [0.3, 0.4) is 0 Å². The van der Waals surface area contributed by atoms with Crippen molar-refractivity contribution in [3.05, 3.63) is 65.9 Å². The number of benzene rings is 1. The van der Waals surface area contributed by atoms with Crippen LogP contribution in [-0.2, 0) is 11.2 Å². The van der Waals surface area contributed by atoms with Crippen molar-refractivity contribution < 1.29 is 9.18 Å². The highest BCUT2D eigenvalue weighted by atomic mass is 19.1. The number of hydrogen-bond acceptors (Lipinski definition) is 3. The van der Waals surface area contributed by atoms with Gasteiger partial charge in [0.1, 0.15) is 11.6 Å². The summed E-state index contributed by atoms with van der Waals surface area (Å²) in [6.07, 6.45) is 3.93. The summed E-state index contributed by atoms with van der Waals surface area (Å²) in [4.78, 5) is 14.4. The first-order valence-electron chi connectivity index (χ1n) is 8.53. The maximum absolute atomic E-state index is 13.8. The molecule has 1 atom stereocenters. The third kappa shape index (κ3) is 3.12. The summed E-state index contributed by atoms with van der Waals surface area (Å²) in [5.41, 5.74) is 1.26. The molecule has 3 heterocycles. The van der Waals surface area contributed by atoms with Crippen LogP contribution in [0.15, 0.2) is 48.7 Å².